The van der Waals surface area contributed by atoms with Crippen LogP contribution in [0.25, 0.3) is 10.8 Å². The Labute approximate surface area is 275 Å². The highest BCUT2D eigenvalue weighted by Gasteiger charge is 2.32. The second-order valence-corrected chi connectivity index (χ2v) is 13.5. The van der Waals surface area contributed by atoms with E-state index in [1.54, 1.807) is 54.1 Å². The maximum absolute atomic E-state index is 13.6. The number of carbonyl (C=O) groups is 2. The molecule has 12 heteroatoms. The SMILES string of the molecule is COc1ccc(S(=O)(=O)Nc2ccc3c(c2)CC(=O)N([C@@H](C)CO)C[C@H](C)[C@H](CN(C)C(=O)Nc2cccc4ccccc24)O3)cc1. The van der Waals surface area contributed by atoms with Crippen molar-refractivity contribution in [1.29, 1.82) is 0 Å². The Balaban J connectivity index is 1.40. The minimum Gasteiger partial charge on any atom is -0.497 e. The number of methoxy groups -OCH3 is 1. The van der Waals surface area contributed by atoms with Gasteiger partial charge in [0.25, 0.3) is 10.0 Å². The zero-order valence-electron chi connectivity index (χ0n) is 26.8. The molecule has 1 aliphatic rings. The van der Waals surface area contributed by atoms with Crippen LogP contribution >= 0.6 is 0 Å². The number of benzene rings is 4. The van der Waals surface area contributed by atoms with E-state index in [1.165, 1.54) is 19.2 Å². The summed E-state index contributed by atoms with van der Waals surface area (Å²) in [5.74, 6) is 0.462. The van der Waals surface area contributed by atoms with E-state index in [-0.39, 0.29) is 54.6 Å². The number of aliphatic hydroxyl groups excluding tert-OH is 1. The molecule has 0 radical (unpaired) electrons. The lowest BCUT2D eigenvalue weighted by molar-refractivity contribution is -0.134. The van der Waals surface area contributed by atoms with E-state index in [9.17, 15) is 23.1 Å². The molecule has 3 amide bonds. The van der Waals surface area contributed by atoms with E-state index >= 15 is 0 Å². The molecule has 3 N–H and O–H groups in total. The molecule has 0 saturated heterocycles. The Kier molecular flexibility index (Phi) is 10.2. The van der Waals surface area contributed by atoms with Crippen LogP contribution < -0.4 is 19.5 Å². The quantitative estimate of drug-likeness (QED) is 0.231. The Morgan fingerprint density at radius 2 is 1.81 bits per heavy atom. The van der Waals surface area contributed by atoms with E-state index in [1.807, 2.05) is 49.4 Å². The Bertz CT molecular complexity index is 1840. The molecule has 0 aliphatic carbocycles. The molecule has 0 aromatic heterocycles. The van der Waals surface area contributed by atoms with Crippen LogP contribution in [0.5, 0.6) is 11.5 Å². The van der Waals surface area contributed by atoms with Gasteiger partial charge in [-0.3, -0.25) is 9.52 Å². The summed E-state index contributed by atoms with van der Waals surface area (Å²) in [7, 11) is -0.761. The van der Waals surface area contributed by atoms with Crippen LogP contribution in [0.3, 0.4) is 0 Å². The number of anilines is 2. The van der Waals surface area contributed by atoms with Gasteiger partial charge < -0.3 is 29.7 Å². The lowest BCUT2D eigenvalue weighted by Crippen LogP contribution is -2.48. The summed E-state index contributed by atoms with van der Waals surface area (Å²) in [6.45, 7) is 3.95. The zero-order chi connectivity index (χ0) is 33.7. The molecule has 0 bridgehead atoms. The van der Waals surface area contributed by atoms with Crippen LogP contribution in [-0.4, -0.2) is 81.3 Å². The number of carbonyl (C=O) groups excluding carboxylic acids is 2. The summed E-state index contributed by atoms with van der Waals surface area (Å²) in [5.41, 5.74) is 1.42. The molecular formula is C35H40N4O7S. The van der Waals surface area contributed by atoms with E-state index in [4.69, 9.17) is 9.47 Å². The number of nitrogens with zero attached hydrogens (tertiary/aromatic N) is 2. The first kappa shape index (κ1) is 33.6. The lowest BCUT2D eigenvalue weighted by Gasteiger charge is -2.34. The molecule has 5 rings (SSSR count). The molecule has 1 aliphatic heterocycles. The third-order valence-corrected chi connectivity index (χ3v) is 9.77. The van der Waals surface area contributed by atoms with Crippen molar-refractivity contribution in [3.63, 3.8) is 0 Å². The van der Waals surface area contributed by atoms with Crippen LogP contribution in [0, 0.1) is 5.92 Å². The number of aliphatic hydroxyl groups is 1. The van der Waals surface area contributed by atoms with Gasteiger partial charge in [0.15, 0.2) is 0 Å². The predicted molar refractivity (Wildman–Crippen MR) is 181 cm³/mol. The Morgan fingerprint density at radius 3 is 2.53 bits per heavy atom. The van der Waals surface area contributed by atoms with Crippen molar-refractivity contribution in [3.05, 3.63) is 90.5 Å². The molecule has 47 heavy (non-hydrogen) atoms. The van der Waals surface area contributed by atoms with Crippen molar-refractivity contribution < 1.29 is 32.6 Å². The lowest BCUT2D eigenvalue weighted by atomic mass is 10.0. The third kappa shape index (κ3) is 7.78. The van der Waals surface area contributed by atoms with E-state index in [0.717, 1.165) is 10.8 Å². The first-order chi connectivity index (χ1) is 22.5. The van der Waals surface area contributed by atoms with Gasteiger partial charge in [-0.15, -0.1) is 0 Å². The number of likely N-dealkylation sites (N-methyl/N-ethyl adjacent to an activating group) is 1. The highest BCUT2D eigenvalue weighted by Crippen LogP contribution is 2.31. The summed E-state index contributed by atoms with van der Waals surface area (Å²) in [6.07, 6.45) is -0.618. The monoisotopic (exact) mass is 660 g/mol. The standard InChI is InChI=1S/C35H40N4O7S/c1-23-20-39(24(2)22-40)34(41)19-26-18-27(37-47(43,44)29-15-13-28(45-4)14-16-29)12-17-32(26)46-33(23)21-38(3)35(42)36-31-11-7-9-25-8-5-6-10-30(25)31/h5-18,23-24,33,37,40H,19-22H2,1-4H3,(H,36,42)/t23-,24-,33-/m0/s1. The Hall–Kier alpha value is -4.81. The first-order valence-electron chi connectivity index (χ1n) is 15.4. The zero-order valence-corrected chi connectivity index (χ0v) is 27.7. The van der Waals surface area contributed by atoms with Gasteiger partial charge in [0.2, 0.25) is 5.91 Å². The van der Waals surface area contributed by atoms with E-state index in [2.05, 4.69) is 10.0 Å². The molecule has 0 unspecified atom stereocenters. The highest BCUT2D eigenvalue weighted by atomic mass is 32.2. The first-order valence-corrected chi connectivity index (χ1v) is 16.8. The van der Waals surface area contributed by atoms with Crippen molar-refractivity contribution >= 4 is 44.1 Å². The molecule has 0 saturated carbocycles. The van der Waals surface area contributed by atoms with E-state index in [0.29, 0.717) is 22.7 Å². The molecule has 0 spiro atoms. The van der Waals surface area contributed by atoms with Gasteiger partial charge in [-0.1, -0.05) is 43.3 Å². The fourth-order valence-corrected chi connectivity index (χ4v) is 6.63. The maximum atomic E-state index is 13.6. The van der Waals surface area contributed by atoms with Crippen molar-refractivity contribution in [2.24, 2.45) is 5.92 Å². The van der Waals surface area contributed by atoms with Crippen LogP contribution in [0.15, 0.2) is 89.8 Å². The van der Waals surface area contributed by atoms with Crippen molar-refractivity contribution in [2.75, 3.05) is 43.9 Å². The molecule has 248 valence electrons. The summed E-state index contributed by atoms with van der Waals surface area (Å²) in [5, 5.41) is 14.9. The van der Waals surface area contributed by atoms with Gasteiger partial charge in [0.1, 0.15) is 17.6 Å². The second-order valence-electron chi connectivity index (χ2n) is 11.8. The fraction of sp³-hybridized carbons (Fsp3) is 0.314. The largest absolute Gasteiger partial charge is 0.497 e. The van der Waals surface area contributed by atoms with Crippen LogP contribution in [0.1, 0.15) is 19.4 Å². The highest BCUT2D eigenvalue weighted by molar-refractivity contribution is 7.92. The number of nitrogens with one attached hydrogen (secondary N) is 2. The minimum absolute atomic E-state index is 0.0517. The number of urea groups is 1. The molecule has 4 aromatic carbocycles. The predicted octanol–water partition coefficient (Wildman–Crippen LogP) is 4.96. The average molecular weight is 661 g/mol. The second kappa shape index (κ2) is 14.3. The topological polar surface area (TPSA) is 138 Å². The van der Waals surface area contributed by atoms with Crippen molar-refractivity contribution in [3.8, 4) is 11.5 Å². The van der Waals surface area contributed by atoms with Crippen LogP contribution in [-0.2, 0) is 21.2 Å². The van der Waals surface area contributed by atoms with Crippen LogP contribution in [0.2, 0.25) is 0 Å². The number of sulfonamides is 1. The number of hydrogen-bond donors (Lipinski definition) is 3. The van der Waals surface area contributed by atoms with Gasteiger partial charge >= 0.3 is 6.03 Å². The smallest absolute Gasteiger partial charge is 0.321 e. The molecule has 3 atom stereocenters. The minimum atomic E-state index is -3.94. The number of ether oxygens (including phenoxy) is 2. The van der Waals surface area contributed by atoms with Gasteiger partial charge in [0.05, 0.1) is 43.3 Å². The van der Waals surface area contributed by atoms with Crippen molar-refractivity contribution in [1.82, 2.24) is 9.80 Å². The van der Waals surface area contributed by atoms with Crippen molar-refractivity contribution in [2.45, 2.75) is 37.3 Å². The number of fused-ring (bicyclic) bond motifs is 2. The number of rotatable bonds is 9. The van der Waals surface area contributed by atoms with Gasteiger partial charge in [-0.2, -0.15) is 0 Å². The molecule has 4 aromatic rings. The summed E-state index contributed by atoms with van der Waals surface area (Å²) < 4.78 is 40.5. The Morgan fingerprint density at radius 1 is 1.09 bits per heavy atom. The average Bonchev–Trinajstić information content (AvgIpc) is 3.11. The summed E-state index contributed by atoms with van der Waals surface area (Å²) in [6, 6.07) is 23.5. The van der Waals surface area contributed by atoms with E-state index < -0.39 is 22.2 Å². The summed E-state index contributed by atoms with van der Waals surface area (Å²) in [4.78, 5) is 30.2. The normalized spacial score (nSPS) is 17.4. The van der Waals surface area contributed by atoms with Crippen LogP contribution in [0.4, 0.5) is 16.2 Å². The van der Waals surface area contributed by atoms with Gasteiger partial charge in [0, 0.05) is 36.1 Å². The third-order valence-electron chi connectivity index (χ3n) is 8.37. The molecule has 0 fully saturated rings. The van der Waals surface area contributed by atoms with Gasteiger partial charge in [-0.05, 0) is 60.8 Å². The molecule has 1 heterocycles. The number of amides is 3. The number of hydrogen-bond acceptors (Lipinski definition) is 7. The van der Waals surface area contributed by atoms with Gasteiger partial charge in [-0.25, -0.2) is 13.2 Å². The maximum Gasteiger partial charge on any atom is 0.321 e. The summed E-state index contributed by atoms with van der Waals surface area (Å²) >= 11 is 0. The molecular weight excluding hydrogens is 620 g/mol. The molecule has 11 nitrogen and oxygen atoms in total. The fourth-order valence-electron chi connectivity index (χ4n) is 5.58.